The summed E-state index contributed by atoms with van der Waals surface area (Å²) in [6.07, 6.45) is 1.56. The number of sulfone groups is 2. The van der Waals surface area contributed by atoms with Crippen LogP contribution in [0.25, 0.3) is 0 Å². The number of halogens is 1. The molecule has 0 atom stereocenters. The second-order valence-electron chi connectivity index (χ2n) is 6.49. The molecule has 1 N–H and O–H groups in total. The van der Waals surface area contributed by atoms with Crippen molar-refractivity contribution in [2.45, 2.75) is 34.0 Å². The first-order valence-corrected chi connectivity index (χ1v) is 13.6. The van der Waals surface area contributed by atoms with Crippen molar-refractivity contribution in [1.82, 2.24) is 4.98 Å². The molecule has 0 aliphatic carbocycles. The van der Waals surface area contributed by atoms with E-state index in [1.165, 1.54) is 36.8 Å². The van der Waals surface area contributed by atoms with Gasteiger partial charge in [0.15, 0.2) is 5.03 Å². The highest BCUT2D eigenvalue weighted by Gasteiger charge is 2.29. The second-order valence-corrected chi connectivity index (χ2v) is 12.2. The fourth-order valence-electron chi connectivity index (χ4n) is 2.70. The van der Waals surface area contributed by atoms with Crippen molar-refractivity contribution in [2.24, 2.45) is 0 Å². The molecular weight excluding hydrogens is 464 g/mol. The molecule has 0 fully saturated rings. The van der Waals surface area contributed by atoms with E-state index in [0.29, 0.717) is 11.6 Å². The Morgan fingerprint density at radius 1 is 1.00 bits per heavy atom. The number of hydrogen-bond donors (Lipinski definition) is 1. The molecule has 2 aromatic carbocycles. The number of nitrogens with zero attached hydrogens (tertiary/aromatic N) is 1. The molecule has 160 valence electrons. The second kappa shape index (κ2) is 9.47. The summed E-state index contributed by atoms with van der Waals surface area (Å²) in [6, 6.07) is 15.6. The molecule has 0 amide bonds. The SMILES string of the molecule is CCS(=O)(=O)c1nc(S(=O)(=O)c2ccc(Cl)cc2)c(NCCCc2ccccc2)s1. The summed E-state index contributed by atoms with van der Waals surface area (Å²) in [4.78, 5) is 4.01. The van der Waals surface area contributed by atoms with Crippen LogP contribution in [0, 0.1) is 0 Å². The van der Waals surface area contributed by atoms with Crippen LogP contribution in [0.1, 0.15) is 18.9 Å². The zero-order valence-corrected chi connectivity index (χ0v) is 19.4. The van der Waals surface area contributed by atoms with Crippen LogP contribution < -0.4 is 5.32 Å². The topological polar surface area (TPSA) is 93.2 Å². The molecule has 6 nitrogen and oxygen atoms in total. The zero-order valence-electron chi connectivity index (χ0n) is 16.2. The average Bonchev–Trinajstić information content (AvgIpc) is 3.18. The van der Waals surface area contributed by atoms with Crippen molar-refractivity contribution in [1.29, 1.82) is 0 Å². The smallest absolute Gasteiger partial charge is 0.226 e. The van der Waals surface area contributed by atoms with E-state index in [0.717, 1.165) is 24.2 Å². The highest BCUT2D eigenvalue weighted by atomic mass is 35.5. The lowest BCUT2D eigenvalue weighted by molar-refractivity contribution is 0.590. The Morgan fingerprint density at radius 2 is 1.67 bits per heavy atom. The van der Waals surface area contributed by atoms with Crippen LogP contribution in [0.3, 0.4) is 0 Å². The Labute approximate surface area is 185 Å². The van der Waals surface area contributed by atoms with Gasteiger partial charge in [0, 0.05) is 11.6 Å². The van der Waals surface area contributed by atoms with Gasteiger partial charge in [-0.15, -0.1) is 0 Å². The molecule has 3 rings (SSSR count). The summed E-state index contributed by atoms with van der Waals surface area (Å²) in [5.74, 6) is -0.158. The lowest BCUT2D eigenvalue weighted by Gasteiger charge is -2.07. The summed E-state index contributed by atoms with van der Waals surface area (Å²) >= 11 is 6.70. The van der Waals surface area contributed by atoms with Crippen molar-refractivity contribution >= 4 is 47.6 Å². The molecule has 0 unspecified atom stereocenters. The largest absolute Gasteiger partial charge is 0.374 e. The first-order valence-electron chi connectivity index (χ1n) is 9.26. The Balaban J connectivity index is 1.88. The summed E-state index contributed by atoms with van der Waals surface area (Å²) in [7, 11) is -7.65. The molecule has 1 heterocycles. The third-order valence-electron chi connectivity index (χ3n) is 4.37. The van der Waals surface area contributed by atoms with Crippen molar-refractivity contribution in [3.05, 3.63) is 65.2 Å². The molecule has 10 heteroatoms. The lowest BCUT2D eigenvalue weighted by Crippen LogP contribution is -2.09. The van der Waals surface area contributed by atoms with Crippen molar-refractivity contribution < 1.29 is 16.8 Å². The van der Waals surface area contributed by atoms with Gasteiger partial charge in [0.05, 0.1) is 10.6 Å². The fraction of sp³-hybridized carbons (Fsp3) is 0.250. The fourth-order valence-corrected chi connectivity index (χ4v) is 6.85. The molecule has 3 aromatic rings. The molecule has 0 aliphatic heterocycles. The predicted molar refractivity (Wildman–Crippen MR) is 120 cm³/mol. The zero-order chi connectivity index (χ0) is 21.8. The van der Waals surface area contributed by atoms with Crippen LogP contribution in [-0.2, 0) is 26.1 Å². The molecular formula is C20H21ClN2O4S3. The Hall–Kier alpha value is -1.94. The molecule has 0 bridgehead atoms. The number of aromatic nitrogens is 1. The van der Waals surface area contributed by atoms with Crippen LogP contribution >= 0.6 is 22.9 Å². The van der Waals surface area contributed by atoms with Crippen LogP contribution in [0.15, 0.2) is 68.9 Å². The van der Waals surface area contributed by atoms with E-state index in [2.05, 4.69) is 10.3 Å². The normalized spacial score (nSPS) is 12.1. The van der Waals surface area contributed by atoms with Gasteiger partial charge in [-0.1, -0.05) is 60.2 Å². The number of aryl methyl sites for hydroxylation is 1. The third kappa shape index (κ3) is 5.21. The molecule has 0 radical (unpaired) electrons. The van der Waals surface area contributed by atoms with Crippen molar-refractivity contribution in [3.8, 4) is 0 Å². The number of benzene rings is 2. The first kappa shape index (κ1) is 22.7. The highest BCUT2D eigenvalue weighted by Crippen LogP contribution is 2.35. The Bertz CT molecular complexity index is 1210. The van der Waals surface area contributed by atoms with Gasteiger partial charge in [-0.05, 0) is 42.7 Å². The number of hydrogen-bond acceptors (Lipinski definition) is 7. The summed E-state index contributed by atoms with van der Waals surface area (Å²) in [6.45, 7) is 1.98. The van der Waals surface area contributed by atoms with Gasteiger partial charge in [0.25, 0.3) is 0 Å². The predicted octanol–water partition coefficient (Wildman–Crippen LogP) is 4.47. The molecule has 30 heavy (non-hydrogen) atoms. The van der Waals surface area contributed by atoms with Crippen LogP contribution in [0.5, 0.6) is 0 Å². The number of nitrogens with one attached hydrogen (secondary N) is 1. The van der Waals surface area contributed by atoms with Crippen LogP contribution in [0.4, 0.5) is 5.00 Å². The summed E-state index contributed by atoms with van der Waals surface area (Å²) in [5.41, 5.74) is 1.17. The number of rotatable bonds is 9. The summed E-state index contributed by atoms with van der Waals surface area (Å²) in [5, 5.41) is 3.43. The molecule has 0 saturated carbocycles. The van der Waals surface area contributed by atoms with E-state index in [9.17, 15) is 16.8 Å². The quantitative estimate of drug-likeness (QED) is 0.450. The maximum Gasteiger partial charge on any atom is 0.226 e. The molecule has 0 aliphatic rings. The third-order valence-corrected chi connectivity index (χ3v) is 9.65. The lowest BCUT2D eigenvalue weighted by atomic mass is 10.1. The van der Waals surface area contributed by atoms with Gasteiger partial charge in [0.1, 0.15) is 5.00 Å². The minimum absolute atomic E-state index is 0.00461. The number of anilines is 1. The van der Waals surface area contributed by atoms with Gasteiger partial charge in [0.2, 0.25) is 24.0 Å². The first-order chi connectivity index (χ1) is 14.2. The van der Waals surface area contributed by atoms with E-state index < -0.39 is 19.7 Å². The minimum atomic E-state index is -4.01. The number of thiazole rings is 1. The van der Waals surface area contributed by atoms with E-state index in [1.54, 1.807) is 0 Å². The minimum Gasteiger partial charge on any atom is -0.374 e. The van der Waals surface area contributed by atoms with E-state index in [-0.39, 0.29) is 25.0 Å². The van der Waals surface area contributed by atoms with Gasteiger partial charge in [-0.3, -0.25) is 0 Å². The highest BCUT2D eigenvalue weighted by molar-refractivity contribution is 7.94. The van der Waals surface area contributed by atoms with E-state index in [1.807, 2.05) is 30.3 Å². The maximum atomic E-state index is 13.1. The van der Waals surface area contributed by atoms with Gasteiger partial charge >= 0.3 is 0 Å². The van der Waals surface area contributed by atoms with E-state index >= 15 is 0 Å². The van der Waals surface area contributed by atoms with Crippen molar-refractivity contribution in [2.75, 3.05) is 17.6 Å². The Kier molecular flexibility index (Phi) is 7.18. The van der Waals surface area contributed by atoms with Gasteiger partial charge in [-0.25, -0.2) is 21.8 Å². The average molecular weight is 485 g/mol. The van der Waals surface area contributed by atoms with E-state index in [4.69, 9.17) is 11.6 Å². The molecule has 1 aromatic heterocycles. The van der Waals surface area contributed by atoms with Crippen molar-refractivity contribution in [3.63, 3.8) is 0 Å². The van der Waals surface area contributed by atoms with Crippen LogP contribution in [0.2, 0.25) is 5.02 Å². The Morgan fingerprint density at radius 3 is 2.30 bits per heavy atom. The standard InChI is InChI=1S/C20H21ClN2O4S3/c1-2-29(24,25)20-23-19(30(26,27)17-12-10-16(21)11-13-17)18(28-20)22-14-6-9-15-7-4-3-5-8-15/h3-5,7-8,10-13,22H,2,6,9,14H2,1H3. The summed E-state index contributed by atoms with van der Waals surface area (Å²) < 4.78 is 50.6. The maximum absolute atomic E-state index is 13.1. The van der Waals surface area contributed by atoms with Crippen LogP contribution in [-0.4, -0.2) is 34.1 Å². The molecule has 0 spiro atoms. The van der Waals surface area contributed by atoms with Gasteiger partial charge in [-0.2, -0.15) is 0 Å². The van der Waals surface area contributed by atoms with Gasteiger partial charge < -0.3 is 5.32 Å². The molecule has 0 saturated heterocycles. The monoisotopic (exact) mass is 484 g/mol.